The highest BCUT2D eigenvalue weighted by atomic mass is 16.1. The SMILES string of the molecule is Cc1ccc(C)c(C(=O)Nc2ccc3c(c2)CCN3)c1. The third-order valence-electron chi connectivity index (χ3n) is 3.71. The molecule has 1 aliphatic heterocycles. The van der Waals surface area contributed by atoms with Gasteiger partial charge in [-0.15, -0.1) is 0 Å². The van der Waals surface area contributed by atoms with Gasteiger partial charge < -0.3 is 10.6 Å². The third kappa shape index (κ3) is 2.39. The molecule has 3 nitrogen and oxygen atoms in total. The van der Waals surface area contributed by atoms with Crippen molar-refractivity contribution in [3.05, 3.63) is 58.7 Å². The van der Waals surface area contributed by atoms with E-state index >= 15 is 0 Å². The van der Waals surface area contributed by atoms with Crippen LogP contribution in [0.5, 0.6) is 0 Å². The van der Waals surface area contributed by atoms with Gasteiger partial charge in [0.1, 0.15) is 0 Å². The lowest BCUT2D eigenvalue weighted by Gasteiger charge is -2.10. The molecule has 0 fully saturated rings. The first-order chi connectivity index (χ1) is 9.63. The van der Waals surface area contributed by atoms with Gasteiger partial charge in [0.15, 0.2) is 0 Å². The molecule has 0 bridgehead atoms. The average Bonchev–Trinajstić information content (AvgIpc) is 2.89. The smallest absolute Gasteiger partial charge is 0.255 e. The van der Waals surface area contributed by atoms with Crippen molar-refractivity contribution >= 4 is 17.3 Å². The summed E-state index contributed by atoms with van der Waals surface area (Å²) >= 11 is 0. The quantitative estimate of drug-likeness (QED) is 0.873. The van der Waals surface area contributed by atoms with Crippen LogP contribution in [-0.4, -0.2) is 12.5 Å². The number of rotatable bonds is 2. The monoisotopic (exact) mass is 266 g/mol. The second-order valence-electron chi connectivity index (χ2n) is 5.32. The number of aryl methyl sites for hydroxylation is 2. The van der Waals surface area contributed by atoms with Crippen LogP contribution < -0.4 is 10.6 Å². The number of hydrogen-bond donors (Lipinski definition) is 2. The van der Waals surface area contributed by atoms with Crippen molar-refractivity contribution in [2.24, 2.45) is 0 Å². The first-order valence-electron chi connectivity index (χ1n) is 6.89. The molecule has 0 saturated carbocycles. The summed E-state index contributed by atoms with van der Waals surface area (Å²) in [5, 5.41) is 6.31. The predicted octanol–water partition coefficient (Wildman–Crippen LogP) is 3.52. The Bertz CT molecular complexity index is 677. The second kappa shape index (κ2) is 5.00. The molecule has 0 aromatic heterocycles. The topological polar surface area (TPSA) is 41.1 Å². The lowest BCUT2D eigenvalue weighted by molar-refractivity contribution is 0.102. The van der Waals surface area contributed by atoms with Gasteiger partial charge in [0.25, 0.3) is 5.91 Å². The van der Waals surface area contributed by atoms with Gasteiger partial charge >= 0.3 is 0 Å². The van der Waals surface area contributed by atoms with Crippen LogP contribution in [0.4, 0.5) is 11.4 Å². The molecule has 2 aromatic rings. The van der Waals surface area contributed by atoms with E-state index in [9.17, 15) is 4.79 Å². The summed E-state index contributed by atoms with van der Waals surface area (Å²) in [6.45, 7) is 4.93. The van der Waals surface area contributed by atoms with Crippen LogP contribution in [0.3, 0.4) is 0 Å². The lowest BCUT2D eigenvalue weighted by atomic mass is 10.0. The van der Waals surface area contributed by atoms with E-state index in [-0.39, 0.29) is 5.91 Å². The van der Waals surface area contributed by atoms with E-state index in [0.29, 0.717) is 0 Å². The van der Waals surface area contributed by atoms with E-state index in [1.54, 1.807) is 0 Å². The number of benzene rings is 2. The van der Waals surface area contributed by atoms with E-state index in [0.717, 1.165) is 35.3 Å². The standard InChI is InChI=1S/C17H18N2O/c1-11-3-4-12(2)15(9-11)17(20)19-14-5-6-16-13(10-14)7-8-18-16/h3-6,9-10,18H,7-8H2,1-2H3,(H,19,20). The maximum absolute atomic E-state index is 12.4. The molecule has 2 aromatic carbocycles. The molecule has 1 amide bonds. The number of nitrogens with one attached hydrogen (secondary N) is 2. The zero-order valence-electron chi connectivity index (χ0n) is 11.8. The minimum absolute atomic E-state index is 0.0443. The Hall–Kier alpha value is -2.29. The minimum atomic E-state index is -0.0443. The molecular weight excluding hydrogens is 248 g/mol. The van der Waals surface area contributed by atoms with Crippen molar-refractivity contribution in [1.82, 2.24) is 0 Å². The van der Waals surface area contributed by atoms with E-state index < -0.39 is 0 Å². The number of carbonyl (C=O) groups is 1. The summed E-state index contributed by atoms with van der Waals surface area (Å²) in [7, 11) is 0. The van der Waals surface area contributed by atoms with Gasteiger partial charge in [0.05, 0.1) is 0 Å². The summed E-state index contributed by atoms with van der Waals surface area (Å²) in [5.41, 5.74) is 6.13. The van der Waals surface area contributed by atoms with Crippen molar-refractivity contribution in [3.8, 4) is 0 Å². The summed E-state index contributed by atoms with van der Waals surface area (Å²) in [5.74, 6) is -0.0443. The molecule has 0 radical (unpaired) electrons. The van der Waals surface area contributed by atoms with Crippen molar-refractivity contribution in [2.45, 2.75) is 20.3 Å². The zero-order valence-corrected chi connectivity index (χ0v) is 11.8. The second-order valence-corrected chi connectivity index (χ2v) is 5.32. The fraction of sp³-hybridized carbons (Fsp3) is 0.235. The van der Waals surface area contributed by atoms with E-state index in [1.807, 2.05) is 44.2 Å². The maximum atomic E-state index is 12.4. The Morgan fingerprint density at radius 3 is 2.85 bits per heavy atom. The summed E-state index contributed by atoms with van der Waals surface area (Å²) in [6.07, 6.45) is 1.02. The number of anilines is 2. The van der Waals surface area contributed by atoms with Crippen molar-refractivity contribution < 1.29 is 4.79 Å². The van der Waals surface area contributed by atoms with Crippen molar-refractivity contribution in [2.75, 3.05) is 17.2 Å². The summed E-state index contributed by atoms with van der Waals surface area (Å²) < 4.78 is 0. The average molecular weight is 266 g/mol. The number of carbonyl (C=O) groups excluding carboxylic acids is 1. The van der Waals surface area contributed by atoms with E-state index in [2.05, 4.69) is 16.7 Å². The molecule has 3 rings (SSSR count). The number of fused-ring (bicyclic) bond motifs is 1. The van der Waals surface area contributed by atoms with Gasteiger partial charge in [0.2, 0.25) is 0 Å². The molecule has 1 aliphatic rings. The molecule has 2 N–H and O–H groups in total. The third-order valence-corrected chi connectivity index (χ3v) is 3.71. The highest BCUT2D eigenvalue weighted by molar-refractivity contribution is 6.05. The van der Waals surface area contributed by atoms with Crippen molar-refractivity contribution in [1.29, 1.82) is 0 Å². The Kier molecular flexibility index (Phi) is 3.18. The summed E-state index contributed by atoms with van der Waals surface area (Å²) in [6, 6.07) is 12.0. The van der Waals surface area contributed by atoms with Crippen LogP contribution in [0.15, 0.2) is 36.4 Å². The normalized spacial score (nSPS) is 12.7. The van der Waals surface area contributed by atoms with Gasteiger partial charge in [-0.05, 0) is 55.7 Å². The highest BCUT2D eigenvalue weighted by Gasteiger charge is 2.13. The molecule has 102 valence electrons. The molecule has 3 heteroatoms. The van der Waals surface area contributed by atoms with Gasteiger partial charge in [-0.25, -0.2) is 0 Å². The molecule has 0 unspecified atom stereocenters. The molecule has 0 saturated heterocycles. The van der Waals surface area contributed by atoms with E-state index in [1.165, 1.54) is 11.3 Å². The fourth-order valence-corrected chi connectivity index (χ4v) is 2.56. The number of amides is 1. The molecular formula is C17H18N2O. The molecule has 1 heterocycles. The van der Waals surface area contributed by atoms with Crippen LogP contribution >= 0.6 is 0 Å². The zero-order chi connectivity index (χ0) is 14.1. The molecule has 20 heavy (non-hydrogen) atoms. The highest BCUT2D eigenvalue weighted by Crippen LogP contribution is 2.25. The van der Waals surface area contributed by atoms with Crippen LogP contribution in [-0.2, 0) is 6.42 Å². The molecule has 0 spiro atoms. The fourth-order valence-electron chi connectivity index (χ4n) is 2.56. The van der Waals surface area contributed by atoms with Gasteiger partial charge in [-0.2, -0.15) is 0 Å². The number of hydrogen-bond acceptors (Lipinski definition) is 2. The molecule has 0 atom stereocenters. The van der Waals surface area contributed by atoms with Crippen LogP contribution in [0.1, 0.15) is 27.0 Å². The Balaban J connectivity index is 1.84. The van der Waals surface area contributed by atoms with Crippen molar-refractivity contribution in [3.63, 3.8) is 0 Å². The predicted molar refractivity (Wildman–Crippen MR) is 82.5 cm³/mol. The summed E-state index contributed by atoms with van der Waals surface area (Å²) in [4.78, 5) is 12.4. The first-order valence-corrected chi connectivity index (χ1v) is 6.89. The first kappa shape index (κ1) is 12.7. The van der Waals surface area contributed by atoms with Crippen LogP contribution in [0, 0.1) is 13.8 Å². The van der Waals surface area contributed by atoms with Gasteiger partial charge in [0, 0.05) is 23.5 Å². The van der Waals surface area contributed by atoms with Gasteiger partial charge in [-0.3, -0.25) is 4.79 Å². The Labute approximate surface area is 119 Å². The van der Waals surface area contributed by atoms with Crippen LogP contribution in [0.25, 0.3) is 0 Å². The van der Waals surface area contributed by atoms with E-state index in [4.69, 9.17) is 0 Å². The van der Waals surface area contributed by atoms with Crippen LogP contribution in [0.2, 0.25) is 0 Å². The largest absolute Gasteiger partial charge is 0.384 e. The van der Waals surface area contributed by atoms with Gasteiger partial charge in [-0.1, -0.05) is 17.7 Å². The molecule has 0 aliphatic carbocycles. The lowest BCUT2D eigenvalue weighted by Crippen LogP contribution is -2.13. The Morgan fingerprint density at radius 1 is 1.15 bits per heavy atom. The maximum Gasteiger partial charge on any atom is 0.255 e. The Morgan fingerprint density at radius 2 is 2.00 bits per heavy atom. The minimum Gasteiger partial charge on any atom is -0.384 e.